The third kappa shape index (κ3) is 3.33. The number of hydrogen-bond acceptors (Lipinski definition) is 5. The minimum atomic E-state index is -0.920. The maximum Gasteiger partial charge on any atom is 0.335 e. The molecule has 31 heavy (non-hydrogen) atoms. The molecule has 0 spiro atoms. The fraction of sp³-hybridized carbons (Fsp3) is 0.292. The number of aryl methyl sites for hydroxylation is 1. The number of hydrogen-bond donors (Lipinski definition) is 1. The van der Waals surface area contributed by atoms with E-state index >= 15 is 0 Å². The van der Waals surface area contributed by atoms with Crippen molar-refractivity contribution in [3.05, 3.63) is 82.9 Å². The molecule has 158 valence electrons. The minimum absolute atomic E-state index is 0.0597. The van der Waals surface area contributed by atoms with Crippen LogP contribution in [0.3, 0.4) is 0 Å². The second-order valence-corrected chi connectivity index (χ2v) is 9.56. The van der Waals surface area contributed by atoms with Gasteiger partial charge in [0.15, 0.2) is 5.17 Å². The van der Waals surface area contributed by atoms with Crippen molar-refractivity contribution in [2.24, 2.45) is 4.99 Å². The Balaban J connectivity index is 1.62. The number of carbonyl (C=O) groups is 1. The Labute approximate surface area is 185 Å². The molecule has 5 rings (SSSR count). The number of nitrogens with zero attached hydrogens (tertiary/aromatic N) is 4. The average Bonchev–Trinajstić information content (AvgIpc) is 3.38. The molecule has 0 bridgehead atoms. The number of amidine groups is 1. The van der Waals surface area contributed by atoms with E-state index in [4.69, 9.17) is 4.99 Å². The van der Waals surface area contributed by atoms with Gasteiger partial charge in [-0.3, -0.25) is 9.98 Å². The van der Waals surface area contributed by atoms with Crippen molar-refractivity contribution in [2.75, 3.05) is 6.54 Å². The van der Waals surface area contributed by atoms with Crippen molar-refractivity contribution in [3.8, 4) is 5.69 Å². The summed E-state index contributed by atoms with van der Waals surface area (Å²) in [6.07, 6.45) is 1.83. The molecule has 3 atom stereocenters. The molecule has 0 aliphatic carbocycles. The molecule has 1 aromatic carbocycles. The van der Waals surface area contributed by atoms with Crippen LogP contribution in [0.2, 0.25) is 0 Å². The third-order valence-electron chi connectivity index (χ3n) is 6.02. The first-order chi connectivity index (χ1) is 14.9. The number of fused-ring (bicyclic) bond motifs is 1. The van der Waals surface area contributed by atoms with Crippen LogP contribution in [0.1, 0.15) is 52.0 Å². The lowest BCUT2D eigenvalue weighted by Crippen LogP contribution is -2.28. The number of aromatic carboxylic acids is 1. The van der Waals surface area contributed by atoms with E-state index in [0.29, 0.717) is 5.25 Å². The highest BCUT2D eigenvalue weighted by molar-refractivity contribution is 8.14. The van der Waals surface area contributed by atoms with Gasteiger partial charge in [0.25, 0.3) is 0 Å². The highest BCUT2D eigenvalue weighted by atomic mass is 32.2. The molecule has 7 heteroatoms. The SMILES string of the molecule is Cc1cc([C@@H]2[C@@H](c3ccccn3)N=C3S[C@H](C)CN32)c(C)n1-c1cccc(C(=O)O)c1. The van der Waals surface area contributed by atoms with Crippen molar-refractivity contribution in [2.45, 2.75) is 38.1 Å². The molecule has 0 radical (unpaired) electrons. The average molecular weight is 433 g/mol. The Hall–Kier alpha value is -3.06. The maximum absolute atomic E-state index is 11.5. The Bertz CT molecular complexity index is 1190. The summed E-state index contributed by atoms with van der Waals surface area (Å²) in [7, 11) is 0. The summed E-state index contributed by atoms with van der Waals surface area (Å²) in [4.78, 5) is 23.6. The summed E-state index contributed by atoms with van der Waals surface area (Å²) in [6.45, 7) is 7.36. The van der Waals surface area contributed by atoms with Gasteiger partial charge < -0.3 is 14.6 Å². The molecule has 3 aromatic rings. The quantitative estimate of drug-likeness (QED) is 0.643. The number of rotatable bonds is 4. The molecular formula is C24H24N4O2S. The highest BCUT2D eigenvalue weighted by Crippen LogP contribution is 2.48. The van der Waals surface area contributed by atoms with E-state index in [0.717, 1.165) is 34.5 Å². The summed E-state index contributed by atoms with van der Waals surface area (Å²) in [5, 5.41) is 11.0. The van der Waals surface area contributed by atoms with E-state index in [2.05, 4.69) is 41.3 Å². The van der Waals surface area contributed by atoms with E-state index in [1.807, 2.05) is 42.2 Å². The van der Waals surface area contributed by atoms with E-state index in [1.165, 1.54) is 5.56 Å². The van der Waals surface area contributed by atoms with Gasteiger partial charge in [0.2, 0.25) is 0 Å². The lowest BCUT2D eigenvalue weighted by Gasteiger charge is -2.27. The van der Waals surface area contributed by atoms with Crippen LogP contribution in [-0.4, -0.2) is 42.5 Å². The number of carboxylic acid groups (broad SMARTS) is 1. The zero-order chi connectivity index (χ0) is 21.7. The Morgan fingerprint density at radius 2 is 2.00 bits per heavy atom. The minimum Gasteiger partial charge on any atom is -0.478 e. The number of carboxylic acids is 1. The largest absolute Gasteiger partial charge is 0.478 e. The Morgan fingerprint density at radius 1 is 1.16 bits per heavy atom. The maximum atomic E-state index is 11.5. The molecule has 2 aliphatic rings. The van der Waals surface area contributed by atoms with Crippen LogP contribution in [0.4, 0.5) is 0 Å². The summed E-state index contributed by atoms with van der Waals surface area (Å²) in [5.41, 5.74) is 5.51. The summed E-state index contributed by atoms with van der Waals surface area (Å²) in [5.74, 6) is -0.920. The topological polar surface area (TPSA) is 70.7 Å². The van der Waals surface area contributed by atoms with Gasteiger partial charge in [-0.05, 0) is 55.8 Å². The summed E-state index contributed by atoms with van der Waals surface area (Å²) < 4.78 is 2.14. The predicted octanol–water partition coefficient (Wildman–Crippen LogP) is 4.78. The number of pyridine rings is 1. The second-order valence-electron chi connectivity index (χ2n) is 8.15. The molecule has 0 saturated carbocycles. The Morgan fingerprint density at radius 3 is 2.74 bits per heavy atom. The number of benzene rings is 1. The zero-order valence-electron chi connectivity index (χ0n) is 17.7. The molecule has 1 saturated heterocycles. The van der Waals surface area contributed by atoms with E-state index in [1.54, 1.807) is 18.2 Å². The summed E-state index contributed by atoms with van der Waals surface area (Å²) in [6, 6.07) is 15.3. The van der Waals surface area contributed by atoms with Crippen LogP contribution < -0.4 is 0 Å². The monoisotopic (exact) mass is 432 g/mol. The highest BCUT2D eigenvalue weighted by Gasteiger charge is 2.44. The second kappa shape index (κ2) is 7.57. The molecule has 0 unspecified atom stereocenters. The van der Waals surface area contributed by atoms with E-state index in [-0.39, 0.29) is 17.6 Å². The van der Waals surface area contributed by atoms with Crippen LogP contribution in [0.5, 0.6) is 0 Å². The molecular weight excluding hydrogens is 408 g/mol. The fourth-order valence-electron chi connectivity index (χ4n) is 4.72. The van der Waals surface area contributed by atoms with Gasteiger partial charge in [-0.15, -0.1) is 0 Å². The Kier molecular flexibility index (Phi) is 4.85. The van der Waals surface area contributed by atoms with Gasteiger partial charge in [0.05, 0.1) is 17.3 Å². The van der Waals surface area contributed by atoms with Gasteiger partial charge in [-0.1, -0.05) is 30.8 Å². The van der Waals surface area contributed by atoms with Gasteiger partial charge in [0.1, 0.15) is 6.04 Å². The van der Waals surface area contributed by atoms with Gasteiger partial charge in [0, 0.05) is 35.1 Å². The molecule has 4 heterocycles. The lowest BCUT2D eigenvalue weighted by atomic mass is 9.96. The summed E-state index contributed by atoms with van der Waals surface area (Å²) >= 11 is 1.83. The normalized spacial score (nSPS) is 22.5. The molecule has 6 nitrogen and oxygen atoms in total. The number of thioether (sulfide) groups is 1. The number of aromatic nitrogens is 2. The standard InChI is InChI=1S/C24H24N4O2S/c1-14-11-19(16(3)28(14)18-8-6-7-17(12-18)23(29)30)22-21(20-9-4-5-10-25-20)26-24-27(22)13-15(2)31-24/h4-12,15,21-22H,13H2,1-3H3,(H,29,30)/t15-,21-,22-/m1/s1. The smallest absolute Gasteiger partial charge is 0.335 e. The van der Waals surface area contributed by atoms with Crippen LogP contribution in [-0.2, 0) is 0 Å². The van der Waals surface area contributed by atoms with Crippen molar-refractivity contribution < 1.29 is 9.90 Å². The van der Waals surface area contributed by atoms with E-state index in [9.17, 15) is 9.90 Å². The molecule has 1 N–H and O–H groups in total. The fourth-order valence-corrected chi connectivity index (χ4v) is 5.81. The molecule has 2 aliphatic heterocycles. The number of aliphatic imine (C=N–C) groups is 1. The van der Waals surface area contributed by atoms with Crippen molar-refractivity contribution >= 4 is 22.9 Å². The van der Waals surface area contributed by atoms with Crippen molar-refractivity contribution in [3.63, 3.8) is 0 Å². The first-order valence-electron chi connectivity index (χ1n) is 10.4. The van der Waals surface area contributed by atoms with Gasteiger partial charge in [-0.25, -0.2) is 4.79 Å². The molecule has 2 aromatic heterocycles. The van der Waals surface area contributed by atoms with Crippen LogP contribution >= 0.6 is 11.8 Å². The van der Waals surface area contributed by atoms with Gasteiger partial charge >= 0.3 is 5.97 Å². The van der Waals surface area contributed by atoms with Crippen LogP contribution in [0.25, 0.3) is 5.69 Å². The molecule has 0 amide bonds. The van der Waals surface area contributed by atoms with Crippen LogP contribution in [0, 0.1) is 13.8 Å². The zero-order valence-corrected chi connectivity index (χ0v) is 18.5. The van der Waals surface area contributed by atoms with Gasteiger partial charge in [-0.2, -0.15) is 0 Å². The lowest BCUT2D eigenvalue weighted by molar-refractivity contribution is 0.0697. The first-order valence-corrected chi connectivity index (χ1v) is 11.3. The first kappa shape index (κ1) is 19.9. The van der Waals surface area contributed by atoms with E-state index < -0.39 is 5.97 Å². The predicted molar refractivity (Wildman–Crippen MR) is 123 cm³/mol. The molecule has 1 fully saturated rings. The van der Waals surface area contributed by atoms with Crippen molar-refractivity contribution in [1.82, 2.24) is 14.5 Å². The van der Waals surface area contributed by atoms with Crippen molar-refractivity contribution in [1.29, 1.82) is 0 Å². The van der Waals surface area contributed by atoms with Crippen LogP contribution in [0.15, 0.2) is 59.7 Å². The third-order valence-corrected chi connectivity index (χ3v) is 7.12.